The van der Waals surface area contributed by atoms with Gasteiger partial charge in [-0.2, -0.15) is 0 Å². The second-order valence-electron chi connectivity index (χ2n) is 4.97. The second kappa shape index (κ2) is 6.29. The Hall–Kier alpha value is -2.54. The number of methoxy groups -OCH3 is 1. The molecule has 0 bridgehead atoms. The van der Waals surface area contributed by atoms with E-state index >= 15 is 0 Å². The predicted octanol–water partition coefficient (Wildman–Crippen LogP) is 2.15. The lowest BCUT2D eigenvalue weighted by Gasteiger charge is -2.12. The van der Waals surface area contributed by atoms with Gasteiger partial charge in [-0.15, -0.1) is 0 Å². The fraction of sp³-hybridized carbons (Fsp3) is 0.188. The number of fused-ring (bicyclic) bond motifs is 1. The van der Waals surface area contributed by atoms with E-state index in [-0.39, 0.29) is 5.56 Å². The molecule has 2 N–H and O–H groups in total. The zero-order valence-electron chi connectivity index (χ0n) is 12.8. The van der Waals surface area contributed by atoms with Gasteiger partial charge in [0.05, 0.1) is 19.0 Å². The van der Waals surface area contributed by atoms with Gasteiger partial charge in [0.2, 0.25) is 0 Å². The summed E-state index contributed by atoms with van der Waals surface area (Å²) in [5.41, 5.74) is 7.62. The van der Waals surface area contributed by atoms with Crippen molar-refractivity contribution >= 4 is 28.5 Å². The smallest absolute Gasteiger partial charge is 0.254 e. The largest absolute Gasteiger partial charge is 0.497 e. The van der Waals surface area contributed by atoms with E-state index in [1.807, 2.05) is 30.5 Å². The van der Waals surface area contributed by atoms with Gasteiger partial charge in [-0.1, -0.05) is 23.9 Å². The number of hydrogen-bond acceptors (Lipinski definition) is 6. The van der Waals surface area contributed by atoms with Gasteiger partial charge in [0.1, 0.15) is 11.4 Å². The monoisotopic (exact) mass is 328 g/mol. The number of anilines is 1. The topological polar surface area (TPSA) is 83.0 Å². The van der Waals surface area contributed by atoms with Gasteiger partial charge in [0.15, 0.2) is 5.16 Å². The van der Waals surface area contributed by atoms with Crippen LogP contribution in [0.4, 0.5) is 5.69 Å². The third-order valence-electron chi connectivity index (χ3n) is 3.52. The molecule has 0 unspecified atom stereocenters. The highest BCUT2D eigenvalue weighted by Crippen LogP contribution is 2.20. The minimum absolute atomic E-state index is 0.191. The third-order valence-corrected chi connectivity index (χ3v) is 4.08. The SMILES string of the molecule is COc1cccc(Cn2c(=O)cc(N)c3cnc(SC)nc32)c1. The molecule has 0 amide bonds. The Bertz CT molecular complexity index is 924. The number of nitrogens with two attached hydrogens (primary N) is 1. The van der Waals surface area contributed by atoms with E-state index in [1.54, 1.807) is 17.9 Å². The molecule has 23 heavy (non-hydrogen) atoms. The Balaban J connectivity index is 2.17. The quantitative estimate of drug-likeness (QED) is 0.584. The normalized spacial score (nSPS) is 10.9. The molecule has 2 aromatic heterocycles. The Morgan fingerprint density at radius 1 is 1.35 bits per heavy atom. The van der Waals surface area contributed by atoms with Crippen molar-refractivity contribution in [1.29, 1.82) is 0 Å². The van der Waals surface area contributed by atoms with Crippen LogP contribution in [0.3, 0.4) is 0 Å². The predicted molar refractivity (Wildman–Crippen MR) is 92.1 cm³/mol. The number of nitrogens with zero attached hydrogens (tertiary/aromatic N) is 3. The van der Waals surface area contributed by atoms with Crippen LogP contribution in [0.2, 0.25) is 0 Å². The average Bonchev–Trinajstić information content (AvgIpc) is 2.58. The van der Waals surface area contributed by atoms with E-state index in [1.165, 1.54) is 17.8 Å². The molecule has 0 atom stereocenters. The summed E-state index contributed by atoms with van der Waals surface area (Å²) in [6, 6.07) is 8.99. The van der Waals surface area contributed by atoms with Crippen LogP contribution in [0.1, 0.15) is 5.56 Å². The van der Waals surface area contributed by atoms with Crippen LogP contribution >= 0.6 is 11.8 Å². The Morgan fingerprint density at radius 3 is 2.91 bits per heavy atom. The maximum absolute atomic E-state index is 12.4. The van der Waals surface area contributed by atoms with Crippen molar-refractivity contribution in [1.82, 2.24) is 14.5 Å². The van der Waals surface area contributed by atoms with E-state index in [0.717, 1.165) is 11.3 Å². The molecule has 0 saturated heterocycles. The lowest BCUT2D eigenvalue weighted by Crippen LogP contribution is -2.22. The van der Waals surface area contributed by atoms with Crippen molar-refractivity contribution < 1.29 is 4.74 Å². The highest BCUT2D eigenvalue weighted by molar-refractivity contribution is 7.98. The van der Waals surface area contributed by atoms with Crippen molar-refractivity contribution in [2.75, 3.05) is 19.1 Å². The molecule has 7 heteroatoms. The van der Waals surface area contributed by atoms with Gasteiger partial charge in [0.25, 0.3) is 5.56 Å². The van der Waals surface area contributed by atoms with Gasteiger partial charge in [0, 0.05) is 18.0 Å². The van der Waals surface area contributed by atoms with E-state index in [2.05, 4.69) is 9.97 Å². The summed E-state index contributed by atoms with van der Waals surface area (Å²) in [4.78, 5) is 21.1. The van der Waals surface area contributed by atoms with Crippen molar-refractivity contribution in [2.24, 2.45) is 0 Å². The summed E-state index contributed by atoms with van der Waals surface area (Å²) in [6.07, 6.45) is 3.54. The number of benzene rings is 1. The van der Waals surface area contributed by atoms with E-state index in [0.29, 0.717) is 28.4 Å². The van der Waals surface area contributed by atoms with Crippen molar-refractivity contribution in [2.45, 2.75) is 11.7 Å². The second-order valence-corrected chi connectivity index (χ2v) is 5.74. The van der Waals surface area contributed by atoms with E-state index < -0.39 is 0 Å². The van der Waals surface area contributed by atoms with Crippen LogP contribution in [0.15, 0.2) is 46.5 Å². The first kappa shape index (κ1) is 15.4. The van der Waals surface area contributed by atoms with Crippen LogP contribution in [0, 0.1) is 0 Å². The van der Waals surface area contributed by atoms with Crippen LogP contribution < -0.4 is 16.0 Å². The van der Waals surface area contributed by atoms with Crippen LogP contribution in [0.25, 0.3) is 11.0 Å². The first-order valence-electron chi connectivity index (χ1n) is 6.95. The first-order valence-corrected chi connectivity index (χ1v) is 8.18. The molecule has 0 radical (unpaired) electrons. The molecule has 6 nitrogen and oxygen atoms in total. The summed E-state index contributed by atoms with van der Waals surface area (Å²) >= 11 is 1.42. The number of ether oxygens (including phenoxy) is 1. The van der Waals surface area contributed by atoms with E-state index in [4.69, 9.17) is 10.5 Å². The lowest BCUT2D eigenvalue weighted by atomic mass is 10.2. The van der Waals surface area contributed by atoms with Gasteiger partial charge in [-0.25, -0.2) is 9.97 Å². The summed E-state index contributed by atoms with van der Waals surface area (Å²) in [7, 11) is 1.61. The molecule has 118 valence electrons. The molecule has 3 rings (SSSR count). The number of pyridine rings is 1. The van der Waals surface area contributed by atoms with E-state index in [9.17, 15) is 4.79 Å². The number of hydrogen-bond donors (Lipinski definition) is 1. The molecule has 0 fully saturated rings. The van der Waals surface area contributed by atoms with Gasteiger partial charge in [-0.3, -0.25) is 9.36 Å². The van der Waals surface area contributed by atoms with Gasteiger partial charge < -0.3 is 10.5 Å². The molecular formula is C16H16N4O2S. The zero-order valence-corrected chi connectivity index (χ0v) is 13.6. The summed E-state index contributed by atoms with van der Waals surface area (Å²) < 4.78 is 6.83. The minimum atomic E-state index is -0.191. The number of thioether (sulfide) groups is 1. The molecule has 0 spiro atoms. The highest BCUT2D eigenvalue weighted by Gasteiger charge is 2.11. The maximum atomic E-state index is 12.4. The lowest BCUT2D eigenvalue weighted by molar-refractivity contribution is 0.414. The number of rotatable bonds is 4. The molecule has 0 saturated carbocycles. The molecular weight excluding hydrogens is 312 g/mol. The van der Waals surface area contributed by atoms with Crippen LogP contribution in [0.5, 0.6) is 5.75 Å². The summed E-state index contributed by atoms with van der Waals surface area (Å²) in [5, 5.41) is 1.27. The summed E-state index contributed by atoms with van der Waals surface area (Å²) in [5.74, 6) is 0.745. The Kier molecular flexibility index (Phi) is 4.20. The first-order chi connectivity index (χ1) is 11.1. The number of nitrogen functional groups attached to an aromatic ring is 1. The molecule has 0 aliphatic rings. The third kappa shape index (κ3) is 3.00. The average molecular weight is 328 g/mol. The highest BCUT2D eigenvalue weighted by atomic mass is 32.2. The maximum Gasteiger partial charge on any atom is 0.254 e. The van der Waals surface area contributed by atoms with Crippen molar-refractivity contribution in [3.05, 3.63) is 52.4 Å². The van der Waals surface area contributed by atoms with Crippen molar-refractivity contribution in [3.8, 4) is 5.75 Å². The molecule has 0 aliphatic heterocycles. The Labute approximate surface area is 137 Å². The fourth-order valence-electron chi connectivity index (χ4n) is 2.36. The minimum Gasteiger partial charge on any atom is -0.497 e. The molecule has 0 aliphatic carbocycles. The van der Waals surface area contributed by atoms with Crippen molar-refractivity contribution in [3.63, 3.8) is 0 Å². The standard InChI is InChI=1S/C16H16N4O2S/c1-22-11-5-3-4-10(6-11)9-20-14(21)7-13(17)12-8-18-16(23-2)19-15(12)20/h3-8H,9,17H2,1-2H3. The van der Waals surface area contributed by atoms with Crippen LogP contribution in [-0.2, 0) is 6.54 Å². The fourth-order valence-corrected chi connectivity index (χ4v) is 2.70. The number of aromatic nitrogens is 3. The van der Waals surface area contributed by atoms with Crippen LogP contribution in [-0.4, -0.2) is 27.9 Å². The zero-order chi connectivity index (χ0) is 16.4. The van der Waals surface area contributed by atoms with Gasteiger partial charge >= 0.3 is 0 Å². The summed E-state index contributed by atoms with van der Waals surface area (Å²) in [6.45, 7) is 0.387. The molecule has 2 heterocycles. The molecule has 1 aromatic carbocycles. The molecule has 3 aromatic rings. The van der Waals surface area contributed by atoms with Gasteiger partial charge in [-0.05, 0) is 24.0 Å². The Morgan fingerprint density at radius 2 is 2.17 bits per heavy atom.